The minimum Gasteiger partial charge on any atom is -0.486 e. The summed E-state index contributed by atoms with van der Waals surface area (Å²) in [4.78, 5) is 12.2. The normalized spacial score (nSPS) is 14.3. The standard InChI is InChI=1S/C20H23FN2O5S/c1-2-17(14-3-8-18-19(13-14)28-12-11-27-18)23-20(24)9-10-22-29(25,26)16-6-4-15(21)5-7-16/h3-8,13,17,22H,2,9-12H2,1H3,(H,23,24). The van der Waals surface area contributed by atoms with E-state index in [4.69, 9.17) is 9.47 Å². The summed E-state index contributed by atoms with van der Waals surface area (Å²) in [6, 6.07) is 9.79. The molecular formula is C20H23FN2O5S. The van der Waals surface area contributed by atoms with Gasteiger partial charge in [-0.25, -0.2) is 17.5 Å². The van der Waals surface area contributed by atoms with Gasteiger partial charge in [0, 0.05) is 13.0 Å². The van der Waals surface area contributed by atoms with Crippen molar-refractivity contribution in [1.82, 2.24) is 10.0 Å². The van der Waals surface area contributed by atoms with Crippen molar-refractivity contribution in [2.45, 2.75) is 30.7 Å². The Hall–Kier alpha value is -2.65. The molecule has 7 nitrogen and oxygen atoms in total. The number of benzene rings is 2. The maximum Gasteiger partial charge on any atom is 0.240 e. The summed E-state index contributed by atoms with van der Waals surface area (Å²) in [6.45, 7) is 2.87. The van der Waals surface area contributed by atoms with Crippen LogP contribution in [0.15, 0.2) is 47.4 Å². The number of fused-ring (bicyclic) bond motifs is 1. The van der Waals surface area contributed by atoms with Crippen LogP contribution in [-0.4, -0.2) is 34.1 Å². The fourth-order valence-corrected chi connectivity index (χ4v) is 3.99. The molecule has 0 saturated carbocycles. The van der Waals surface area contributed by atoms with Gasteiger partial charge in [0.2, 0.25) is 15.9 Å². The van der Waals surface area contributed by atoms with E-state index in [2.05, 4.69) is 10.0 Å². The first-order valence-corrected chi connectivity index (χ1v) is 10.8. The third-order valence-electron chi connectivity index (χ3n) is 4.48. The lowest BCUT2D eigenvalue weighted by Crippen LogP contribution is -2.32. The minimum atomic E-state index is -3.80. The maximum atomic E-state index is 12.9. The van der Waals surface area contributed by atoms with E-state index in [-0.39, 0.29) is 29.8 Å². The highest BCUT2D eigenvalue weighted by Gasteiger charge is 2.19. The van der Waals surface area contributed by atoms with Crippen LogP contribution in [0.3, 0.4) is 0 Å². The first-order chi connectivity index (χ1) is 13.9. The molecule has 0 saturated heterocycles. The minimum absolute atomic E-state index is 0.0263. The van der Waals surface area contributed by atoms with Crippen molar-refractivity contribution < 1.29 is 27.1 Å². The van der Waals surface area contributed by atoms with Crippen LogP contribution in [0.2, 0.25) is 0 Å². The third kappa shape index (κ3) is 5.45. The number of hydrogen-bond acceptors (Lipinski definition) is 5. The smallest absolute Gasteiger partial charge is 0.240 e. The Balaban J connectivity index is 1.54. The number of amides is 1. The number of rotatable bonds is 8. The van der Waals surface area contributed by atoms with Gasteiger partial charge in [-0.3, -0.25) is 4.79 Å². The van der Waals surface area contributed by atoms with Gasteiger partial charge in [0.15, 0.2) is 11.5 Å². The van der Waals surface area contributed by atoms with Gasteiger partial charge in [0.05, 0.1) is 10.9 Å². The van der Waals surface area contributed by atoms with Gasteiger partial charge < -0.3 is 14.8 Å². The Morgan fingerprint density at radius 2 is 1.79 bits per heavy atom. The second-order valence-electron chi connectivity index (χ2n) is 6.53. The van der Waals surface area contributed by atoms with E-state index in [0.29, 0.717) is 31.1 Å². The predicted octanol–water partition coefficient (Wildman–Crippen LogP) is 2.53. The highest BCUT2D eigenvalue weighted by atomic mass is 32.2. The van der Waals surface area contributed by atoms with Gasteiger partial charge in [-0.05, 0) is 48.4 Å². The molecule has 2 N–H and O–H groups in total. The van der Waals surface area contributed by atoms with Gasteiger partial charge >= 0.3 is 0 Å². The summed E-state index contributed by atoms with van der Waals surface area (Å²) < 4.78 is 50.7. The lowest BCUT2D eigenvalue weighted by molar-refractivity contribution is -0.121. The summed E-state index contributed by atoms with van der Waals surface area (Å²) in [6.07, 6.45) is 0.633. The molecular weight excluding hydrogens is 399 g/mol. The average Bonchev–Trinajstić information content (AvgIpc) is 2.72. The van der Waals surface area contributed by atoms with E-state index in [9.17, 15) is 17.6 Å². The predicted molar refractivity (Wildman–Crippen MR) is 105 cm³/mol. The van der Waals surface area contributed by atoms with Crippen LogP contribution in [0.4, 0.5) is 4.39 Å². The number of carbonyl (C=O) groups is 1. The summed E-state index contributed by atoms with van der Waals surface area (Å²) >= 11 is 0. The molecule has 9 heteroatoms. The van der Waals surface area contributed by atoms with Crippen molar-refractivity contribution in [3.8, 4) is 11.5 Å². The molecule has 1 amide bonds. The fourth-order valence-electron chi connectivity index (χ4n) is 2.96. The molecule has 29 heavy (non-hydrogen) atoms. The summed E-state index contributed by atoms with van der Waals surface area (Å²) in [5, 5.41) is 2.90. The zero-order valence-corrected chi connectivity index (χ0v) is 16.8. The molecule has 0 bridgehead atoms. The fraction of sp³-hybridized carbons (Fsp3) is 0.350. The van der Waals surface area contributed by atoms with Crippen LogP contribution in [0.1, 0.15) is 31.4 Å². The van der Waals surface area contributed by atoms with Gasteiger partial charge in [-0.1, -0.05) is 13.0 Å². The first kappa shape index (κ1) is 21.1. The van der Waals surface area contributed by atoms with Crippen molar-refractivity contribution in [1.29, 1.82) is 0 Å². The highest BCUT2D eigenvalue weighted by Crippen LogP contribution is 2.33. The molecule has 0 radical (unpaired) electrons. The molecule has 2 aromatic rings. The van der Waals surface area contributed by atoms with Gasteiger partial charge in [0.25, 0.3) is 0 Å². The Morgan fingerprint density at radius 1 is 1.10 bits per heavy atom. The number of carbonyl (C=O) groups excluding carboxylic acids is 1. The van der Waals surface area contributed by atoms with Gasteiger partial charge in [-0.15, -0.1) is 0 Å². The van der Waals surface area contributed by atoms with Crippen LogP contribution in [0.5, 0.6) is 11.5 Å². The third-order valence-corrected chi connectivity index (χ3v) is 5.96. The van der Waals surface area contributed by atoms with Crippen molar-refractivity contribution in [3.63, 3.8) is 0 Å². The quantitative estimate of drug-likeness (QED) is 0.682. The van der Waals surface area contributed by atoms with E-state index >= 15 is 0 Å². The van der Waals surface area contributed by atoms with Crippen LogP contribution < -0.4 is 19.5 Å². The summed E-state index contributed by atoms with van der Waals surface area (Å²) in [5.74, 6) is 0.520. The number of sulfonamides is 1. The maximum absolute atomic E-state index is 12.9. The van der Waals surface area contributed by atoms with Crippen LogP contribution in [-0.2, 0) is 14.8 Å². The van der Waals surface area contributed by atoms with Crippen LogP contribution in [0.25, 0.3) is 0 Å². The molecule has 1 unspecified atom stereocenters. The topological polar surface area (TPSA) is 93.7 Å². The summed E-state index contributed by atoms with van der Waals surface area (Å²) in [5.41, 5.74) is 0.886. The van der Waals surface area contributed by atoms with E-state index < -0.39 is 15.8 Å². The SMILES string of the molecule is CCC(NC(=O)CCNS(=O)(=O)c1ccc(F)cc1)c1ccc2c(c1)OCCO2. The number of hydrogen-bond donors (Lipinski definition) is 2. The van der Waals surface area contributed by atoms with E-state index in [1.165, 1.54) is 12.1 Å². The van der Waals surface area contributed by atoms with E-state index in [1.54, 1.807) is 0 Å². The van der Waals surface area contributed by atoms with Gasteiger partial charge in [-0.2, -0.15) is 0 Å². The van der Waals surface area contributed by atoms with Gasteiger partial charge in [0.1, 0.15) is 19.0 Å². The van der Waals surface area contributed by atoms with E-state index in [0.717, 1.165) is 17.7 Å². The largest absolute Gasteiger partial charge is 0.486 e. The molecule has 0 aliphatic carbocycles. The molecule has 156 valence electrons. The highest BCUT2D eigenvalue weighted by molar-refractivity contribution is 7.89. The summed E-state index contributed by atoms with van der Waals surface area (Å²) in [7, 11) is -3.80. The zero-order valence-electron chi connectivity index (χ0n) is 16.0. The monoisotopic (exact) mass is 422 g/mol. The molecule has 0 spiro atoms. The average molecular weight is 422 g/mol. The van der Waals surface area contributed by atoms with Crippen molar-refractivity contribution in [3.05, 3.63) is 53.8 Å². The Kier molecular flexibility index (Phi) is 6.71. The number of ether oxygens (including phenoxy) is 2. The Morgan fingerprint density at radius 3 is 2.48 bits per heavy atom. The Labute approximate surface area is 169 Å². The Bertz CT molecular complexity index is 963. The van der Waals surface area contributed by atoms with Crippen LogP contribution in [0, 0.1) is 5.82 Å². The lowest BCUT2D eigenvalue weighted by Gasteiger charge is -2.22. The van der Waals surface area contributed by atoms with Crippen LogP contribution >= 0.6 is 0 Å². The lowest BCUT2D eigenvalue weighted by atomic mass is 10.0. The molecule has 1 heterocycles. The van der Waals surface area contributed by atoms with Crippen molar-refractivity contribution in [2.24, 2.45) is 0 Å². The van der Waals surface area contributed by atoms with Crippen molar-refractivity contribution in [2.75, 3.05) is 19.8 Å². The van der Waals surface area contributed by atoms with E-state index in [1.807, 2.05) is 25.1 Å². The first-order valence-electron chi connectivity index (χ1n) is 9.33. The molecule has 3 rings (SSSR count). The second-order valence-corrected chi connectivity index (χ2v) is 8.30. The zero-order chi connectivity index (χ0) is 20.9. The molecule has 0 aromatic heterocycles. The molecule has 1 aliphatic heterocycles. The molecule has 0 fully saturated rings. The second kappa shape index (κ2) is 9.23. The number of nitrogens with one attached hydrogen (secondary N) is 2. The molecule has 2 aromatic carbocycles. The van der Waals surface area contributed by atoms with Crippen molar-refractivity contribution >= 4 is 15.9 Å². The number of halogens is 1. The molecule has 1 aliphatic rings. The molecule has 1 atom stereocenters.